The van der Waals surface area contributed by atoms with E-state index in [4.69, 9.17) is 0 Å². The van der Waals surface area contributed by atoms with Crippen LogP contribution in [0.15, 0.2) is 91.8 Å². The van der Waals surface area contributed by atoms with E-state index in [1.807, 2.05) is 59.3 Å². The Labute approximate surface area is 156 Å². The Bertz CT molecular complexity index is 1010. The lowest BCUT2D eigenvalue weighted by atomic mass is 10.2. The molecule has 0 atom stereocenters. The number of rotatable bonds is 5. The molecule has 132 valence electrons. The van der Waals surface area contributed by atoms with Crippen LogP contribution in [-0.2, 0) is 0 Å². The van der Waals surface area contributed by atoms with Gasteiger partial charge in [0.1, 0.15) is 0 Å². The number of anilines is 3. The van der Waals surface area contributed by atoms with E-state index in [0.717, 1.165) is 22.7 Å². The van der Waals surface area contributed by atoms with Crippen molar-refractivity contribution in [3.05, 3.63) is 97.3 Å². The van der Waals surface area contributed by atoms with Gasteiger partial charge in [0.2, 0.25) is 0 Å². The number of carbonyl (C=O) groups is 1. The molecule has 0 aliphatic heterocycles. The second-order valence-electron chi connectivity index (χ2n) is 5.91. The van der Waals surface area contributed by atoms with Gasteiger partial charge in [0, 0.05) is 53.1 Å². The van der Waals surface area contributed by atoms with Crippen molar-refractivity contribution in [3.63, 3.8) is 0 Å². The Hall–Kier alpha value is -3.93. The first kappa shape index (κ1) is 16.5. The van der Waals surface area contributed by atoms with Crippen LogP contribution in [0.4, 0.5) is 17.1 Å². The maximum absolute atomic E-state index is 12.4. The van der Waals surface area contributed by atoms with Gasteiger partial charge in [0.25, 0.3) is 5.91 Å². The topological polar surface area (TPSA) is 71.8 Å². The molecular formula is C21H17N5O. The van der Waals surface area contributed by atoms with E-state index in [-0.39, 0.29) is 5.91 Å². The Kier molecular flexibility index (Phi) is 4.61. The third-order valence-corrected chi connectivity index (χ3v) is 4.04. The van der Waals surface area contributed by atoms with Crippen molar-refractivity contribution < 1.29 is 4.79 Å². The van der Waals surface area contributed by atoms with Gasteiger partial charge in [-0.2, -0.15) is 0 Å². The van der Waals surface area contributed by atoms with Crippen LogP contribution in [0.1, 0.15) is 10.4 Å². The molecule has 6 heteroatoms. The summed E-state index contributed by atoms with van der Waals surface area (Å²) in [6, 6.07) is 18.7. The van der Waals surface area contributed by atoms with Crippen LogP contribution in [0.3, 0.4) is 0 Å². The first-order chi connectivity index (χ1) is 13.3. The summed E-state index contributed by atoms with van der Waals surface area (Å²) >= 11 is 0. The molecule has 4 rings (SSSR count). The summed E-state index contributed by atoms with van der Waals surface area (Å²) < 4.78 is 1.90. The summed E-state index contributed by atoms with van der Waals surface area (Å²) in [5, 5.41) is 6.17. The normalized spacial score (nSPS) is 10.4. The van der Waals surface area contributed by atoms with E-state index in [1.54, 1.807) is 37.1 Å². The molecule has 6 nitrogen and oxygen atoms in total. The summed E-state index contributed by atoms with van der Waals surface area (Å²) in [6.07, 6.45) is 8.78. The van der Waals surface area contributed by atoms with Crippen molar-refractivity contribution in [1.82, 2.24) is 14.5 Å². The second-order valence-corrected chi connectivity index (χ2v) is 5.91. The van der Waals surface area contributed by atoms with Crippen molar-refractivity contribution in [1.29, 1.82) is 0 Å². The summed E-state index contributed by atoms with van der Waals surface area (Å²) in [4.78, 5) is 20.5. The SMILES string of the molecule is O=C(Nc1ccc(-n2ccnc2)cc1)c1ccc(Nc2ccncc2)cc1. The predicted octanol–water partition coefficient (Wildman–Crippen LogP) is 4.26. The van der Waals surface area contributed by atoms with Gasteiger partial charge in [-0.1, -0.05) is 0 Å². The number of nitrogens with one attached hydrogen (secondary N) is 2. The summed E-state index contributed by atoms with van der Waals surface area (Å²) in [5.74, 6) is -0.152. The molecule has 0 unspecified atom stereocenters. The fourth-order valence-corrected chi connectivity index (χ4v) is 2.64. The molecule has 0 saturated heterocycles. The lowest BCUT2D eigenvalue weighted by molar-refractivity contribution is 0.102. The maximum atomic E-state index is 12.4. The predicted molar refractivity (Wildman–Crippen MR) is 105 cm³/mol. The molecule has 1 amide bonds. The molecule has 2 aromatic carbocycles. The number of benzene rings is 2. The number of hydrogen-bond acceptors (Lipinski definition) is 4. The minimum absolute atomic E-state index is 0.152. The standard InChI is InChI=1S/C21H17N5O/c27-21(25-18-5-7-20(8-6-18)26-14-13-23-15-26)16-1-3-17(4-2-16)24-19-9-11-22-12-10-19/h1-15H,(H,22,24)(H,25,27). The summed E-state index contributed by atoms with van der Waals surface area (Å²) in [6.45, 7) is 0. The third-order valence-electron chi connectivity index (χ3n) is 4.04. The highest BCUT2D eigenvalue weighted by Gasteiger charge is 2.06. The number of nitrogens with zero attached hydrogens (tertiary/aromatic N) is 3. The average Bonchev–Trinajstić information content (AvgIpc) is 3.25. The zero-order chi connectivity index (χ0) is 18.5. The van der Waals surface area contributed by atoms with Crippen LogP contribution in [0.25, 0.3) is 5.69 Å². The van der Waals surface area contributed by atoms with Gasteiger partial charge < -0.3 is 15.2 Å². The third kappa shape index (κ3) is 4.01. The molecular weight excluding hydrogens is 338 g/mol. The van der Waals surface area contributed by atoms with Crippen LogP contribution in [0.2, 0.25) is 0 Å². The monoisotopic (exact) mass is 355 g/mol. The highest BCUT2D eigenvalue weighted by molar-refractivity contribution is 6.04. The largest absolute Gasteiger partial charge is 0.355 e. The van der Waals surface area contributed by atoms with E-state index >= 15 is 0 Å². The first-order valence-electron chi connectivity index (χ1n) is 8.45. The van der Waals surface area contributed by atoms with E-state index in [1.165, 1.54) is 0 Å². The van der Waals surface area contributed by atoms with Gasteiger partial charge in [-0.25, -0.2) is 4.98 Å². The molecule has 0 radical (unpaired) electrons. The quantitative estimate of drug-likeness (QED) is 0.561. The zero-order valence-corrected chi connectivity index (χ0v) is 14.4. The summed E-state index contributed by atoms with van der Waals surface area (Å²) in [5.41, 5.74) is 4.16. The van der Waals surface area contributed by atoms with Crippen molar-refractivity contribution >= 4 is 23.0 Å². The van der Waals surface area contributed by atoms with Crippen LogP contribution in [0.5, 0.6) is 0 Å². The minimum atomic E-state index is -0.152. The number of pyridine rings is 1. The average molecular weight is 355 g/mol. The smallest absolute Gasteiger partial charge is 0.255 e. The molecule has 2 aromatic heterocycles. The number of carbonyl (C=O) groups excluding carboxylic acids is 1. The Morgan fingerprint density at radius 2 is 1.41 bits per heavy atom. The van der Waals surface area contributed by atoms with E-state index in [2.05, 4.69) is 20.6 Å². The number of hydrogen-bond donors (Lipinski definition) is 2. The molecule has 4 aromatic rings. The number of amides is 1. The Morgan fingerprint density at radius 3 is 2.07 bits per heavy atom. The number of aromatic nitrogens is 3. The van der Waals surface area contributed by atoms with E-state index in [0.29, 0.717) is 5.56 Å². The van der Waals surface area contributed by atoms with Crippen molar-refractivity contribution in [2.75, 3.05) is 10.6 Å². The fraction of sp³-hybridized carbons (Fsp3) is 0. The van der Waals surface area contributed by atoms with Crippen LogP contribution in [0, 0.1) is 0 Å². The van der Waals surface area contributed by atoms with Crippen molar-refractivity contribution in [3.8, 4) is 5.69 Å². The van der Waals surface area contributed by atoms with Gasteiger partial charge >= 0.3 is 0 Å². The molecule has 0 bridgehead atoms. The molecule has 0 saturated carbocycles. The van der Waals surface area contributed by atoms with Crippen molar-refractivity contribution in [2.45, 2.75) is 0 Å². The van der Waals surface area contributed by atoms with E-state index < -0.39 is 0 Å². The number of imidazole rings is 1. The molecule has 0 fully saturated rings. The molecule has 27 heavy (non-hydrogen) atoms. The van der Waals surface area contributed by atoms with Gasteiger partial charge in [-0.3, -0.25) is 9.78 Å². The summed E-state index contributed by atoms with van der Waals surface area (Å²) in [7, 11) is 0. The first-order valence-corrected chi connectivity index (χ1v) is 8.45. The highest BCUT2D eigenvalue weighted by atomic mass is 16.1. The van der Waals surface area contributed by atoms with Crippen LogP contribution in [-0.4, -0.2) is 20.4 Å². The van der Waals surface area contributed by atoms with Gasteiger partial charge in [0.15, 0.2) is 0 Å². The van der Waals surface area contributed by atoms with Gasteiger partial charge in [-0.05, 0) is 60.7 Å². The van der Waals surface area contributed by atoms with Gasteiger partial charge in [0.05, 0.1) is 6.33 Å². The molecule has 2 heterocycles. The minimum Gasteiger partial charge on any atom is -0.355 e. The zero-order valence-electron chi connectivity index (χ0n) is 14.4. The Morgan fingerprint density at radius 1 is 0.741 bits per heavy atom. The highest BCUT2D eigenvalue weighted by Crippen LogP contribution is 2.18. The van der Waals surface area contributed by atoms with Crippen LogP contribution >= 0.6 is 0 Å². The lowest BCUT2D eigenvalue weighted by Crippen LogP contribution is -2.11. The van der Waals surface area contributed by atoms with Crippen molar-refractivity contribution in [2.24, 2.45) is 0 Å². The molecule has 0 aliphatic rings. The molecule has 2 N–H and O–H groups in total. The lowest BCUT2D eigenvalue weighted by Gasteiger charge is -2.09. The molecule has 0 spiro atoms. The second kappa shape index (κ2) is 7.53. The van der Waals surface area contributed by atoms with E-state index in [9.17, 15) is 4.79 Å². The maximum Gasteiger partial charge on any atom is 0.255 e. The van der Waals surface area contributed by atoms with Gasteiger partial charge in [-0.15, -0.1) is 0 Å². The fourth-order valence-electron chi connectivity index (χ4n) is 2.64. The van der Waals surface area contributed by atoms with Crippen LogP contribution < -0.4 is 10.6 Å². The molecule has 0 aliphatic carbocycles. The Balaban J connectivity index is 1.40.